The Morgan fingerprint density at radius 3 is 1.00 bits per heavy atom. The van der Waals surface area contributed by atoms with Crippen LogP contribution in [0.3, 0.4) is 0 Å². The molecule has 0 saturated heterocycles. The van der Waals surface area contributed by atoms with Crippen molar-refractivity contribution in [2.75, 3.05) is 13.2 Å². The molecule has 1 atom stereocenters. The molecule has 0 fully saturated rings. The Hall–Kier alpha value is -2.89. The Balaban J connectivity index is 4.40. The molecule has 0 aliphatic carbocycles. The van der Waals surface area contributed by atoms with Crippen molar-refractivity contribution in [3.05, 3.63) is 60.8 Å². The number of rotatable bonds is 46. The lowest BCUT2D eigenvalue weighted by molar-refractivity contribution is -0.167. The number of hydrogen-bond donors (Lipinski definition) is 0. The highest BCUT2D eigenvalue weighted by Gasteiger charge is 2.19. The molecular formula is C55H96O6. The van der Waals surface area contributed by atoms with Crippen LogP contribution < -0.4 is 0 Å². The molecule has 6 heteroatoms. The van der Waals surface area contributed by atoms with Crippen LogP contribution in [0.1, 0.15) is 252 Å². The van der Waals surface area contributed by atoms with Gasteiger partial charge in [0.05, 0.1) is 0 Å². The van der Waals surface area contributed by atoms with Crippen molar-refractivity contribution in [2.45, 2.75) is 258 Å². The Bertz CT molecular complexity index is 1120. The van der Waals surface area contributed by atoms with Crippen molar-refractivity contribution in [3.8, 4) is 0 Å². The van der Waals surface area contributed by atoms with Gasteiger partial charge in [-0.3, -0.25) is 14.4 Å². The summed E-state index contributed by atoms with van der Waals surface area (Å²) in [6, 6.07) is 0. The van der Waals surface area contributed by atoms with Crippen LogP contribution in [-0.2, 0) is 28.6 Å². The van der Waals surface area contributed by atoms with Crippen molar-refractivity contribution in [1.29, 1.82) is 0 Å². The number of esters is 3. The van der Waals surface area contributed by atoms with Gasteiger partial charge in [0, 0.05) is 19.3 Å². The molecule has 0 amide bonds. The first-order valence-electron chi connectivity index (χ1n) is 25.8. The van der Waals surface area contributed by atoms with Gasteiger partial charge in [-0.2, -0.15) is 0 Å². The van der Waals surface area contributed by atoms with Crippen LogP contribution in [0.5, 0.6) is 0 Å². The van der Waals surface area contributed by atoms with Gasteiger partial charge in [0.15, 0.2) is 6.10 Å². The molecule has 352 valence electrons. The van der Waals surface area contributed by atoms with Crippen LogP contribution >= 0.6 is 0 Å². The summed E-state index contributed by atoms with van der Waals surface area (Å²) >= 11 is 0. The molecule has 61 heavy (non-hydrogen) atoms. The first kappa shape index (κ1) is 58.1. The molecule has 0 rings (SSSR count). The van der Waals surface area contributed by atoms with E-state index in [2.05, 4.69) is 81.5 Å². The highest BCUT2D eigenvalue weighted by Crippen LogP contribution is 2.15. The quantitative estimate of drug-likeness (QED) is 0.0263. The fourth-order valence-electron chi connectivity index (χ4n) is 7.17. The summed E-state index contributed by atoms with van der Waals surface area (Å²) in [5.41, 5.74) is 0. The Morgan fingerprint density at radius 2 is 0.639 bits per heavy atom. The molecular weight excluding hydrogens is 757 g/mol. The minimum atomic E-state index is -0.782. The van der Waals surface area contributed by atoms with Gasteiger partial charge in [0.25, 0.3) is 0 Å². The van der Waals surface area contributed by atoms with E-state index in [-0.39, 0.29) is 31.1 Å². The molecule has 0 aromatic carbocycles. The van der Waals surface area contributed by atoms with E-state index in [0.29, 0.717) is 19.3 Å². The lowest BCUT2D eigenvalue weighted by Gasteiger charge is -2.18. The SMILES string of the molecule is CC/C=C\C/C=C\C/C=C\C/C=C\C/C=C\CCCCCC(=O)OC[C@@H](COC(=O)CCCCCCCCCCCCC)OC(=O)CCCCCCCCCCCCCCC. The molecule has 0 spiro atoms. The van der Waals surface area contributed by atoms with Gasteiger partial charge in [-0.25, -0.2) is 0 Å². The van der Waals surface area contributed by atoms with Crippen molar-refractivity contribution < 1.29 is 28.6 Å². The largest absolute Gasteiger partial charge is 0.462 e. The maximum Gasteiger partial charge on any atom is 0.306 e. The van der Waals surface area contributed by atoms with E-state index in [1.165, 1.54) is 116 Å². The maximum absolute atomic E-state index is 12.8. The van der Waals surface area contributed by atoms with E-state index in [1.54, 1.807) is 0 Å². The highest BCUT2D eigenvalue weighted by atomic mass is 16.6. The zero-order chi connectivity index (χ0) is 44.4. The lowest BCUT2D eigenvalue weighted by Crippen LogP contribution is -2.30. The minimum Gasteiger partial charge on any atom is -0.462 e. The van der Waals surface area contributed by atoms with Gasteiger partial charge >= 0.3 is 17.9 Å². The number of hydrogen-bond acceptors (Lipinski definition) is 6. The molecule has 0 saturated carbocycles. The fourth-order valence-corrected chi connectivity index (χ4v) is 7.17. The predicted molar refractivity (Wildman–Crippen MR) is 261 cm³/mol. The van der Waals surface area contributed by atoms with Gasteiger partial charge < -0.3 is 14.2 Å². The Labute approximate surface area is 377 Å². The van der Waals surface area contributed by atoms with Crippen LogP contribution in [0, 0.1) is 0 Å². The van der Waals surface area contributed by atoms with Crippen LogP contribution in [0.25, 0.3) is 0 Å². The van der Waals surface area contributed by atoms with Crippen molar-refractivity contribution in [2.24, 2.45) is 0 Å². The van der Waals surface area contributed by atoms with Gasteiger partial charge in [0.2, 0.25) is 0 Å². The fraction of sp³-hybridized carbons (Fsp3) is 0.764. The summed E-state index contributed by atoms with van der Waals surface area (Å²) in [5, 5.41) is 0. The predicted octanol–water partition coefficient (Wildman–Crippen LogP) is 16.9. The molecule has 0 aliphatic heterocycles. The Morgan fingerprint density at radius 1 is 0.344 bits per heavy atom. The third-order valence-corrected chi connectivity index (χ3v) is 11.0. The summed E-state index contributed by atoms with van der Waals surface area (Å²) in [7, 11) is 0. The molecule has 0 N–H and O–H groups in total. The van der Waals surface area contributed by atoms with E-state index >= 15 is 0 Å². The van der Waals surface area contributed by atoms with E-state index < -0.39 is 6.10 Å². The van der Waals surface area contributed by atoms with Gasteiger partial charge in [-0.15, -0.1) is 0 Å². The van der Waals surface area contributed by atoms with Crippen LogP contribution in [0.15, 0.2) is 60.8 Å². The first-order valence-corrected chi connectivity index (χ1v) is 25.8. The number of unbranched alkanes of at least 4 members (excludes halogenated alkanes) is 25. The Kier molecular flexibility index (Phi) is 47.4. The number of ether oxygens (including phenoxy) is 3. The molecule has 0 aliphatic rings. The van der Waals surface area contributed by atoms with E-state index in [1.807, 2.05) is 0 Å². The average Bonchev–Trinajstić information content (AvgIpc) is 3.26. The van der Waals surface area contributed by atoms with Crippen LogP contribution in [0.2, 0.25) is 0 Å². The van der Waals surface area contributed by atoms with E-state index in [4.69, 9.17) is 14.2 Å². The summed E-state index contributed by atoms with van der Waals surface area (Å²) in [5.74, 6) is -0.910. The zero-order valence-corrected chi connectivity index (χ0v) is 40.2. The van der Waals surface area contributed by atoms with Gasteiger partial charge in [-0.05, 0) is 64.2 Å². The second kappa shape index (κ2) is 49.8. The molecule has 0 bridgehead atoms. The highest BCUT2D eigenvalue weighted by molar-refractivity contribution is 5.71. The van der Waals surface area contributed by atoms with Crippen molar-refractivity contribution in [1.82, 2.24) is 0 Å². The van der Waals surface area contributed by atoms with Gasteiger partial charge in [0.1, 0.15) is 13.2 Å². The third-order valence-electron chi connectivity index (χ3n) is 11.0. The molecule has 0 aromatic rings. The smallest absolute Gasteiger partial charge is 0.306 e. The molecule has 0 unspecified atom stereocenters. The zero-order valence-electron chi connectivity index (χ0n) is 40.2. The summed E-state index contributed by atoms with van der Waals surface area (Å²) < 4.78 is 16.8. The van der Waals surface area contributed by atoms with E-state index in [0.717, 1.165) is 96.3 Å². The molecule has 0 heterocycles. The van der Waals surface area contributed by atoms with Crippen LogP contribution in [-0.4, -0.2) is 37.2 Å². The summed E-state index contributed by atoms with van der Waals surface area (Å²) in [4.78, 5) is 37.9. The van der Waals surface area contributed by atoms with E-state index in [9.17, 15) is 14.4 Å². The lowest BCUT2D eigenvalue weighted by atomic mass is 10.0. The maximum atomic E-state index is 12.8. The normalized spacial score (nSPS) is 12.5. The second-order valence-electron chi connectivity index (χ2n) is 17.1. The second-order valence-corrected chi connectivity index (χ2v) is 17.1. The average molecular weight is 853 g/mol. The standard InChI is InChI=1S/C55H96O6/c1-4-7-10-13-16-19-22-24-25-26-27-28-29-31-33-36-39-42-45-48-54(57)60-51-52(50-59-53(56)47-44-41-38-35-32-21-18-15-12-9-6-3)61-55(58)49-46-43-40-37-34-30-23-20-17-14-11-8-5-2/h7,10,16,19,24-25,27-28,31,33,52H,4-6,8-9,11-15,17-18,20-23,26,29-30,32,34-51H2,1-3H3/b10-7-,19-16-,25-24-,28-27-,33-31-/t52-/m1/s1. The molecule has 6 nitrogen and oxygen atoms in total. The van der Waals surface area contributed by atoms with Gasteiger partial charge in [-0.1, -0.05) is 229 Å². The van der Waals surface area contributed by atoms with Crippen molar-refractivity contribution >= 4 is 17.9 Å². The number of carbonyl (C=O) groups is 3. The van der Waals surface area contributed by atoms with Crippen molar-refractivity contribution in [3.63, 3.8) is 0 Å². The summed E-state index contributed by atoms with van der Waals surface area (Å²) in [6.45, 7) is 6.50. The number of allylic oxidation sites excluding steroid dienone is 10. The molecule has 0 aromatic heterocycles. The number of carbonyl (C=O) groups excluding carboxylic acids is 3. The molecule has 0 radical (unpaired) electrons. The summed E-state index contributed by atoms with van der Waals surface area (Å²) in [6.07, 6.45) is 60.6. The minimum absolute atomic E-state index is 0.0816. The monoisotopic (exact) mass is 853 g/mol. The van der Waals surface area contributed by atoms with Crippen LogP contribution in [0.4, 0.5) is 0 Å². The topological polar surface area (TPSA) is 78.9 Å². The third kappa shape index (κ3) is 48.0. The first-order chi connectivity index (χ1) is 30.0.